The van der Waals surface area contributed by atoms with Gasteiger partial charge in [0.2, 0.25) is 0 Å². The second-order valence-electron chi connectivity index (χ2n) is 2.62. The zero-order valence-corrected chi connectivity index (χ0v) is 8.68. The number of halogens is 3. The highest BCUT2D eigenvalue weighted by molar-refractivity contribution is 6.21. The first-order valence-corrected chi connectivity index (χ1v) is 4.28. The van der Waals surface area contributed by atoms with Crippen molar-refractivity contribution in [2.75, 3.05) is 7.11 Å². The lowest BCUT2D eigenvalue weighted by atomic mass is 10.3. The molecule has 0 atom stereocenters. The number of carbonyl (C=O) groups is 1. The molecule has 88 valence electrons. The highest BCUT2D eigenvalue weighted by atomic mass is 35.5. The summed E-state index contributed by atoms with van der Waals surface area (Å²) in [7, 11) is 1.04. The van der Waals surface area contributed by atoms with Crippen molar-refractivity contribution < 1.29 is 23.0 Å². The summed E-state index contributed by atoms with van der Waals surface area (Å²) in [6, 6.07) is 1.72. The van der Waals surface area contributed by atoms with E-state index in [-0.39, 0.29) is 0 Å². The zero-order valence-electron chi connectivity index (χ0n) is 7.92. The minimum atomic E-state index is -3.69. The number of carbonyl (C=O) groups excluding carboxylic acids is 1. The van der Waals surface area contributed by atoms with Crippen LogP contribution in [-0.4, -0.2) is 18.2 Å². The standard InChI is InChI=1S/C8H6ClF2NO4/c1-15-7(14)16-4-2-3-5(8(9,10)11)12-6(4)13/h2-3H,1H3,(H,12,13). The monoisotopic (exact) mass is 253 g/mol. The minimum Gasteiger partial charge on any atom is -0.437 e. The zero-order chi connectivity index (χ0) is 12.3. The Labute approximate surface area is 92.9 Å². The molecule has 0 fully saturated rings. The number of ether oxygens (including phenoxy) is 2. The molecule has 1 aromatic heterocycles. The molecule has 16 heavy (non-hydrogen) atoms. The van der Waals surface area contributed by atoms with Crippen molar-refractivity contribution in [2.24, 2.45) is 0 Å². The molecule has 0 unspecified atom stereocenters. The molecule has 1 aromatic rings. The van der Waals surface area contributed by atoms with Gasteiger partial charge in [0.05, 0.1) is 7.11 Å². The van der Waals surface area contributed by atoms with E-state index in [2.05, 4.69) is 21.1 Å². The van der Waals surface area contributed by atoms with Crippen LogP contribution in [0.15, 0.2) is 16.9 Å². The van der Waals surface area contributed by atoms with Crippen LogP contribution in [0.4, 0.5) is 13.6 Å². The van der Waals surface area contributed by atoms with Crippen LogP contribution >= 0.6 is 11.6 Å². The van der Waals surface area contributed by atoms with Crippen LogP contribution in [0.1, 0.15) is 5.69 Å². The molecule has 8 heteroatoms. The van der Waals surface area contributed by atoms with E-state index in [1.165, 1.54) is 0 Å². The van der Waals surface area contributed by atoms with Crippen molar-refractivity contribution in [3.63, 3.8) is 0 Å². The molecule has 5 nitrogen and oxygen atoms in total. The summed E-state index contributed by atoms with van der Waals surface area (Å²) in [5, 5.41) is -3.69. The normalized spacial score (nSPS) is 11.0. The summed E-state index contributed by atoms with van der Waals surface area (Å²) in [6.07, 6.45) is -1.13. The van der Waals surface area contributed by atoms with E-state index in [9.17, 15) is 18.4 Å². The Morgan fingerprint density at radius 3 is 2.56 bits per heavy atom. The molecule has 0 saturated carbocycles. The smallest absolute Gasteiger partial charge is 0.437 e. The number of hydrogen-bond acceptors (Lipinski definition) is 4. The minimum absolute atomic E-state index is 0.462. The van der Waals surface area contributed by atoms with E-state index in [1.807, 2.05) is 0 Å². The molecule has 0 aliphatic rings. The van der Waals surface area contributed by atoms with Crippen LogP contribution in [0.5, 0.6) is 5.75 Å². The molecule has 1 N–H and O–H groups in total. The first-order valence-electron chi connectivity index (χ1n) is 3.91. The van der Waals surface area contributed by atoms with Crippen molar-refractivity contribution in [1.82, 2.24) is 4.98 Å². The number of alkyl halides is 3. The molecule has 0 saturated heterocycles. The molecular formula is C8H6ClF2NO4. The van der Waals surface area contributed by atoms with Crippen molar-refractivity contribution in [1.29, 1.82) is 0 Å². The lowest BCUT2D eigenvalue weighted by molar-refractivity contribution is 0.0894. The number of methoxy groups -OCH3 is 1. The molecule has 0 aromatic carbocycles. The van der Waals surface area contributed by atoms with Crippen LogP contribution < -0.4 is 10.3 Å². The first kappa shape index (κ1) is 12.4. The summed E-state index contributed by atoms with van der Waals surface area (Å²) in [5.74, 6) is -0.462. The number of pyridine rings is 1. The van der Waals surface area contributed by atoms with Gasteiger partial charge in [0.15, 0.2) is 5.75 Å². The fourth-order valence-electron chi connectivity index (χ4n) is 0.837. The summed E-state index contributed by atoms with van der Waals surface area (Å²) < 4.78 is 33.6. The van der Waals surface area contributed by atoms with Gasteiger partial charge >= 0.3 is 11.5 Å². The molecular weight excluding hydrogens is 248 g/mol. The molecule has 0 radical (unpaired) electrons. The number of hydrogen-bond donors (Lipinski definition) is 1. The maximum Gasteiger partial charge on any atom is 0.513 e. The average molecular weight is 254 g/mol. The van der Waals surface area contributed by atoms with Gasteiger partial charge in [0, 0.05) is 0 Å². The Bertz CT molecular complexity index is 454. The van der Waals surface area contributed by atoms with Crippen LogP contribution in [-0.2, 0) is 10.1 Å². The van der Waals surface area contributed by atoms with Crippen LogP contribution in [0.3, 0.4) is 0 Å². The summed E-state index contributed by atoms with van der Waals surface area (Å²) in [4.78, 5) is 23.6. The Morgan fingerprint density at radius 1 is 1.50 bits per heavy atom. The Kier molecular flexibility index (Phi) is 3.48. The maximum atomic E-state index is 12.6. The van der Waals surface area contributed by atoms with Gasteiger partial charge in [-0.1, -0.05) is 0 Å². The van der Waals surface area contributed by atoms with Crippen molar-refractivity contribution in [2.45, 2.75) is 5.38 Å². The number of H-pyrrole nitrogens is 1. The van der Waals surface area contributed by atoms with E-state index in [1.54, 1.807) is 4.98 Å². The molecule has 0 aliphatic heterocycles. The Morgan fingerprint density at radius 2 is 2.12 bits per heavy atom. The second kappa shape index (κ2) is 4.48. The maximum absolute atomic E-state index is 12.6. The predicted octanol–water partition coefficient (Wildman–Crippen LogP) is 1.81. The highest BCUT2D eigenvalue weighted by Crippen LogP contribution is 2.30. The Hall–Kier alpha value is -1.63. The van der Waals surface area contributed by atoms with Gasteiger partial charge in [-0.3, -0.25) is 4.79 Å². The van der Waals surface area contributed by atoms with Gasteiger partial charge in [-0.25, -0.2) is 4.79 Å². The van der Waals surface area contributed by atoms with Gasteiger partial charge in [-0.15, -0.1) is 0 Å². The topological polar surface area (TPSA) is 68.4 Å². The van der Waals surface area contributed by atoms with Gasteiger partial charge < -0.3 is 14.5 Å². The lowest BCUT2D eigenvalue weighted by Crippen LogP contribution is -2.19. The van der Waals surface area contributed by atoms with Crippen molar-refractivity contribution >= 4 is 17.8 Å². The average Bonchev–Trinajstić information content (AvgIpc) is 2.19. The number of aromatic nitrogens is 1. The van der Waals surface area contributed by atoms with Gasteiger partial charge in [-0.05, 0) is 23.7 Å². The largest absolute Gasteiger partial charge is 0.513 e. The predicted molar refractivity (Wildman–Crippen MR) is 49.8 cm³/mol. The fraction of sp³-hybridized carbons (Fsp3) is 0.250. The summed E-state index contributed by atoms with van der Waals surface area (Å²) in [5.41, 5.74) is -1.81. The van der Waals surface area contributed by atoms with Crippen LogP contribution in [0.25, 0.3) is 0 Å². The van der Waals surface area contributed by atoms with Crippen molar-refractivity contribution in [3.05, 3.63) is 28.2 Å². The molecule has 0 bridgehead atoms. The lowest BCUT2D eigenvalue weighted by Gasteiger charge is -2.08. The SMILES string of the molecule is COC(=O)Oc1ccc(C(F)(F)Cl)[nH]c1=O. The molecule has 1 heterocycles. The third-order valence-corrected chi connectivity index (χ3v) is 1.74. The third kappa shape index (κ3) is 2.93. The number of nitrogens with one attached hydrogen (secondary N) is 1. The quantitative estimate of drug-likeness (QED) is 0.645. The Balaban J connectivity index is 3.01. The van der Waals surface area contributed by atoms with Gasteiger partial charge in [0.25, 0.3) is 5.56 Å². The first-order chi connectivity index (χ1) is 7.34. The molecule has 1 rings (SSSR count). The van der Waals surface area contributed by atoms with Crippen molar-refractivity contribution in [3.8, 4) is 5.75 Å². The van der Waals surface area contributed by atoms with E-state index in [4.69, 9.17) is 0 Å². The van der Waals surface area contributed by atoms with E-state index in [0.717, 1.165) is 19.2 Å². The van der Waals surface area contributed by atoms with Gasteiger partial charge in [0.1, 0.15) is 5.69 Å². The van der Waals surface area contributed by atoms with E-state index >= 15 is 0 Å². The molecule has 0 aliphatic carbocycles. The number of aromatic amines is 1. The number of rotatable bonds is 2. The second-order valence-corrected chi connectivity index (χ2v) is 3.09. The molecule has 0 spiro atoms. The third-order valence-electron chi connectivity index (χ3n) is 1.54. The van der Waals surface area contributed by atoms with Crippen LogP contribution in [0, 0.1) is 0 Å². The summed E-state index contributed by atoms with van der Waals surface area (Å²) in [6.45, 7) is 0. The van der Waals surface area contributed by atoms with E-state index < -0.39 is 28.5 Å². The highest BCUT2D eigenvalue weighted by Gasteiger charge is 2.29. The molecule has 0 amide bonds. The van der Waals surface area contributed by atoms with E-state index in [0.29, 0.717) is 0 Å². The van der Waals surface area contributed by atoms with Crippen LogP contribution in [0.2, 0.25) is 0 Å². The van der Waals surface area contributed by atoms with Gasteiger partial charge in [-0.2, -0.15) is 8.78 Å². The fourth-order valence-corrected chi connectivity index (χ4v) is 0.948. The summed E-state index contributed by atoms with van der Waals surface area (Å²) >= 11 is 4.68.